The highest BCUT2D eigenvalue weighted by molar-refractivity contribution is 6.27. The second-order valence-corrected chi connectivity index (χ2v) is 9.87. The van der Waals surface area contributed by atoms with Crippen molar-refractivity contribution in [2.75, 3.05) is 4.90 Å². The number of benzene rings is 2. The number of aliphatic imine (C=N–C) groups is 1. The first-order valence-electron chi connectivity index (χ1n) is 10.8. The third-order valence-electron chi connectivity index (χ3n) is 7.69. The van der Waals surface area contributed by atoms with Gasteiger partial charge in [0.1, 0.15) is 11.7 Å². The van der Waals surface area contributed by atoms with Crippen molar-refractivity contribution in [1.82, 2.24) is 0 Å². The molecule has 1 aliphatic carbocycles. The maximum Gasteiger partial charge on any atom is 0.142 e. The molecule has 1 N–H and O–H groups in total. The molecule has 3 nitrogen and oxygen atoms in total. The van der Waals surface area contributed by atoms with E-state index in [0.717, 1.165) is 34.6 Å². The summed E-state index contributed by atoms with van der Waals surface area (Å²) in [6, 6.07) is 15.0. The molecule has 1 aliphatic heterocycles. The molecule has 2 aromatic carbocycles. The second-order valence-electron chi connectivity index (χ2n) is 9.87. The molecular weight excluding hydrogens is 366 g/mol. The van der Waals surface area contributed by atoms with Gasteiger partial charge in [0.05, 0.1) is 11.2 Å². The van der Waals surface area contributed by atoms with E-state index >= 15 is 0 Å². The van der Waals surface area contributed by atoms with E-state index < -0.39 is 0 Å². The summed E-state index contributed by atoms with van der Waals surface area (Å²) in [5, 5.41) is 9.28. The van der Waals surface area contributed by atoms with Crippen molar-refractivity contribution in [3.05, 3.63) is 76.9 Å². The minimum atomic E-state index is -0.329. The van der Waals surface area contributed by atoms with Crippen molar-refractivity contribution in [3.63, 3.8) is 0 Å². The zero-order valence-corrected chi connectivity index (χ0v) is 19.4. The predicted molar refractivity (Wildman–Crippen MR) is 128 cm³/mol. The van der Waals surface area contributed by atoms with Crippen molar-refractivity contribution in [2.45, 2.75) is 65.8 Å². The zero-order valence-electron chi connectivity index (χ0n) is 19.4. The van der Waals surface area contributed by atoms with Crippen LogP contribution >= 0.6 is 0 Å². The lowest BCUT2D eigenvalue weighted by molar-refractivity contribution is 0.494. The van der Waals surface area contributed by atoms with Gasteiger partial charge in [0.15, 0.2) is 0 Å². The molecule has 3 heteroatoms. The molecule has 1 saturated carbocycles. The number of anilines is 1. The maximum atomic E-state index is 9.28. The number of nitrogens with one attached hydrogen (secondary N) is 1. The molecule has 2 atom stereocenters. The van der Waals surface area contributed by atoms with Crippen LogP contribution in [0.25, 0.3) is 0 Å². The van der Waals surface area contributed by atoms with Crippen LogP contribution in [0.2, 0.25) is 0 Å². The highest BCUT2D eigenvalue weighted by Gasteiger charge is 2.69. The molecule has 0 bridgehead atoms. The fourth-order valence-electron chi connectivity index (χ4n) is 4.79. The van der Waals surface area contributed by atoms with Gasteiger partial charge in [-0.2, -0.15) is 0 Å². The lowest BCUT2D eigenvalue weighted by Crippen LogP contribution is -2.47. The smallest absolute Gasteiger partial charge is 0.142 e. The molecule has 0 radical (unpaired) electrons. The molecule has 2 unspecified atom stereocenters. The molecule has 1 fully saturated rings. The first-order valence-corrected chi connectivity index (χ1v) is 10.8. The number of amidine groups is 2. The minimum absolute atomic E-state index is 0.135. The van der Waals surface area contributed by atoms with Crippen molar-refractivity contribution in [3.8, 4) is 0 Å². The summed E-state index contributed by atoms with van der Waals surface area (Å²) in [5.74, 6) is 1.44. The summed E-state index contributed by atoms with van der Waals surface area (Å²) < 4.78 is 0. The molecule has 4 rings (SSSR count). The molecular formula is C27H33N3. The number of aryl methyl sites for hydroxylation is 2. The third kappa shape index (κ3) is 2.57. The van der Waals surface area contributed by atoms with Crippen molar-refractivity contribution in [2.24, 2.45) is 10.4 Å². The van der Waals surface area contributed by atoms with E-state index in [1.165, 1.54) is 11.1 Å². The molecule has 0 aromatic heterocycles. The van der Waals surface area contributed by atoms with Crippen LogP contribution in [0, 0.1) is 24.7 Å². The minimum Gasteiger partial charge on any atom is -0.287 e. The Labute approximate surface area is 181 Å². The highest BCUT2D eigenvalue weighted by atomic mass is 15.3. The normalized spacial score (nSPS) is 24.6. The third-order valence-corrected chi connectivity index (χ3v) is 7.69. The summed E-state index contributed by atoms with van der Waals surface area (Å²) >= 11 is 0. The Morgan fingerprint density at radius 1 is 1.13 bits per heavy atom. The molecule has 0 spiro atoms. The second kappa shape index (κ2) is 6.41. The summed E-state index contributed by atoms with van der Waals surface area (Å²) in [6.45, 7) is 19.5. The van der Waals surface area contributed by atoms with Gasteiger partial charge >= 0.3 is 0 Å². The zero-order chi connectivity index (χ0) is 22.1. The Morgan fingerprint density at radius 3 is 2.43 bits per heavy atom. The van der Waals surface area contributed by atoms with E-state index in [0.29, 0.717) is 5.84 Å². The van der Waals surface area contributed by atoms with E-state index in [-0.39, 0.29) is 16.4 Å². The van der Waals surface area contributed by atoms with Gasteiger partial charge in [0, 0.05) is 16.4 Å². The SMILES string of the molecule is C=C1C2(C)N=C(N(C(=N)C(C)(C)CC)c3ccc(C)cc3C)c3ccccc3C12C. The fourth-order valence-corrected chi connectivity index (χ4v) is 4.79. The molecule has 0 amide bonds. The number of nitrogens with zero attached hydrogens (tertiary/aromatic N) is 2. The van der Waals surface area contributed by atoms with Crippen LogP contribution in [0.15, 0.2) is 59.6 Å². The van der Waals surface area contributed by atoms with Crippen LogP contribution in [-0.2, 0) is 5.41 Å². The number of hydrogen-bond donors (Lipinski definition) is 1. The van der Waals surface area contributed by atoms with Gasteiger partial charge in [-0.25, -0.2) is 0 Å². The molecule has 30 heavy (non-hydrogen) atoms. The van der Waals surface area contributed by atoms with E-state index in [1.54, 1.807) is 0 Å². The summed E-state index contributed by atoms with van der Waals surface area (Å²) in [4.78, 5) is 7.38. The topological polar surface area (TPSA) is 39.5 Å². The van der Waals surface area contributed by atoms with E-state index in [9.17, 15) is 5.41 Å². The van der Waals surface area contributed by atoms with Crippen molar-refractivity contribution in [1.29, 1.82) is 5.41 Å². The Kier molecular flexibility index (Phi) is 4.40. The average molecular weight is 400 g/mol. The van der Waals surface area contributed by atoms with Crippen LogP contribution < -0.4 is 4.90 Å². The first kappa shape index (κ1) is 20.6. The van der Waals surface area contributed by atoms with E-state index in [1.807, 2.05) is 0 Å². The highest BCUT2D eigenvalue weighted by Crippen LogP contribution is 2.66. The summed E-state index contributed by atoms with van der Waals surface area (Å²) in [6.07, 6.45) is 0.879. The van der Waals surface area contributed by atoms with Crippen LogP contribution in [0.5, 0.6) is 0 Å². The Morgan fingerprint density at radius 2 is 1.80 bits per heavy atom. The Balaban J connectivity index is 2.00. The van der Waals surface area contributed by atoms with Crippen LogP contribution in [0.3, 0.4) is 0 Å². The van der Waals surface area contributed by atoms with Crippen molar-refractivity contribution < 1.29 is 0 Å². The number of hydrogen-bond acceptors (Lipinski definition) is 2. The Hall–Kier alpha value is -2.68. The summed E-state index contributed by atoms with van der Waals surface area (Å²) in [5.41, 5.74) is 6.18. The lowest BCUT2D eigenvalue weighted by atomic mass is 9.84. The van der Waals surface area contributed by atoms with Crippen LogP contribution in [-0.4, -0.2) is 17.2 Å². The number of rotatable bonds is 3. The van der Waals surface area contributed by atoms with E-state index in [2.05, 4.69) is 102 Å². The summed E-state index contributed by atoms with van der Waals surface area (Å²) in [7, 11) is 0. The van der Waals surface area contributed by atoms with Gasteiger partial charge in [-0.3, -0.25) is 15.3 Å². The van der Waals surface area contributed by atoms with Gasteiger partial charge in [0.25, 0.3) is 0 Å². The standard InChI is InChI=1S/C27H33N3/c1-9-25(5,6)24(28)30(22-15-14-17(2)16-18(22)3)23-20-12-10-11-13-21(20)26(7)19(4)27(26,8)29-23/h10-16,28H,4,9H2,1-3,5-8H3. The Bertz CT molecular complexity index is 1110. The predicted octanol–water partition coefficient (Wildman–Crippen LogP) is 6.57. The molecule has 0 saturated heterocycles. The monoisotopic (exact) mass is 399 g/mol. The van der Waals surface area contributed by atoms with Gasteiger partial charge < -0.3 is 0 Å². The van der Waals surface area contributed by atoms with Gasteiger partial charge in [-0.05, 0) is 56.9 Å². The molecule has 2 aliphatic rings. The largest absolute Gasteiger partial charge is 0.287 e. The maximum absolute atomic E-state index is 9.28. The number of fused-ring (bicyclic) bond motifs is 3. The first-order chi connectivity index (χ1) is 14.0. The van der Waals surface area contributed by atoms with Gasteiger partial charge in [-0.15, -0.1) is 0 Å². The average Bonchev–Trinajstić information content (AvgIpc) is 3.16. The van der Waals surface area contributed by atoms with Gasteiger partial charge in [0.2, 0.25) is 0 Å². The molecule has 156 valence electrons. The quantitative estimate of drug-likeness (QED) is 0.354. The van der Waals surface area contributed by atoms with Crippen LogP contribution in [0.1, 0.15) is 63.3 Å². The molecule has 1 heterocycles. The van der Waals surface area contributed by atoms with Gasteiger partial charge in [-0.1, -0.05) is 69.3 Å². The molecule has 2 aromatic rings. The lowest BCUT2D eigenvalue weighted by Gasteiger charge is -2.38. The van der Waals surface area contributed by atoms with E-state index in [4.69, 9.17) is 4.99 Å². The fraction of sp³-hybridized carbons (Fsp3) is 0.407. The van der Waals surface area contributed by atoms with Crippen molar-refractivity contribution >= 4 is 17.4 Å². The van der Waals surface area contributed by atoms with Crippen LogP contribution in [0.4, 0.5) is 5.69 Å².